The van der Waals surface area contributed by atoms with E-state index in [1.165, 1.54) is 31.9 Å². The molecule has 0 spiro atoms. The van der Waals surface area contributed by atoms with Crippen molar-refractivity contribution in [1.29, 1.82) is 0 Å². The van der Waals surface area contributed by atoms with E-state index in [0.29, 0.717) is 18.0 Å². The Kier molecular flexibility index (Phi) is 8.13. The predicted molar refractivity (Wildman–Crippen MR) is 119 cm³/mol. The number of nitrogens with zero attached hydrogens (tertiary/aromatic N) is 1. The maximum Gasteiger partial charge on any atom is 0.242 e. The molecule has 1 N–H and O–H groups in total. The first kappa shape index (κ1) is 23.3. The fourth-order valence-corrected chi connectivity index (χ4v) is 4.21. The predicted octanol–water partition coefficient (Wildman–Crippen LogP) is 3.61. The molecule has 0 saturated heterocycles. The molecule has 2 aromatic rings. The van der Waals surface area contributed by atoms with Gasteiger partial charge in [0.25, 0.3) is 0 Å². The van der Waals surface area contributed by atoms with Crippen LogP contribution in [0.5, 0.6) is 5.75 Å². The fourth-order valence-electron chi connectivity index (χ4n) is 2.60. The number of anilines is 1. The first-order valence-corrected chi connectivity index (χ1v) is 11.8. The van der Waals surface area contributed by atoms with Gasteiger partial charge in [0.15, 0.2) is 0 Å². The van der Waals surface area contributed by atoms with Crippen molar-refractivity contribution in [2.45, 2.75) is 25.7 Å². The molecule has 0 aliphatic rings. The zero-order chi connectivity index (χ0) is 21.6. The van der Waals surface area contributed by atoms with E-state index in [-0.39, 0.29) is 16.6 Å². The van der Waals surface area contributed by atoms with Crippen LogP contribution in [0.4, 0.5) is 5.69 Å². The molecular weight excluding hydrogens is 408 g/mol. The van der Waals surface area contributed by atoms with Crippen LogP contribution in [0.2, 0.25) is 0 Å². The number of hydrogen-bond acceptors (Lipinski definition) is 5. The van der Waals surface area contributed by atoms with Crippen LogP contribution in [0.3, 0.4) is 0 Å². The highest BCUT2D eigenvalue weighted by Gasteiger charge is 2.20. The van der Waals surface area contributed by atoms with E-state index < -0.39 is 10.0 Å². The Morgan fingerprint density at radius 2 is 1.79 bits per heavy atom. The lowest BCUT2D eigenvalue weighted by atomic mass is 10.1. The van der Waals surface area contributed by atoms with Crippen molar-refractivity contribution >= 4 is 33.4 Å². The number of carbonyl (C=O) groups is 1. The number of aryl methyl sites for hydroxylation is 2. The summed E-state index contributed by atoms with van der Waals surface area (Å²) in [6, 6.07) is 10.9. The van der Waals surface area contributed by atoms with Gasteiger partial charge < -0.3 is 10.1 Å². The molecule has 0 saturated carbocycles. The summed E-state index contributed by atoms with van der Waals surface area (Å²) >= 11 is 1.47. The van der Waals surface area contributed by atoms with E-state index in [2.05, 4.69) is 5.32 Å². The third-order valence-electron chi connectivity index (χ3n) is 4.51. The molecule has 2 rings (SSSR count). The Balaban J connectivity index is 1.92. The van der Waals surface area contributed by atoms with Crippen LogP contribution in [-0.2, 0) is 14.8 Å². The van der Waals surface area contributed by atoms with Gasteiger partial charge in [-0.2, -0.15) is 0 Å². The van der Waals surface area contributed by atoms with Crippen molar-refractivity contribution in [3.05, 3.63) is 53.1 Å². The number of carbonyl (C=O) groups excluding carboxylic acids is 1. The van der Waals surface area contributed by atoms with Crippen LogP contribution in [-0.4, -0.2) is 50.8 Å². The summed E-state index contributed by atoms with van der Waals surface area (Å²) in [4.78, 5) is 12.5. The molecule has 0 radical (unpaired) electrons. The van der Waals surface area contributed by atoms with E-state index in [4.69, 9.17) is 4.74 Å². The largest absolute Gasteiger partial charge is 0.492 e. The van der Waals surface area contributed by atoms with Gasteiger partial charge in [-0.05, 0) is 55.7 Å². The molecule has 0 fully saturated rings. The molecule has 0 aromatic heterocycles. The minimum Gasteiger partial charge on any atom is -0.492 e. The lowest BCUT2D eigenvalue weighted by Crippen LogP contribution is -2.23. The number of benzene rings is 2. The van der Waals surface area contributed by atoms with Gasteiger partial charge in [0.05, 0.1) is 17.3 Å². The van der Waals surface area contributed by atoms with E-state index >= 15 is 0 Å². The summed E-state index contributed by atoms with van der Waals surface area (Å²) < 4.78 is 31.7. The van der Waals surface area contributed by atoms with E-state index in [9.17, 15) is 13.2 Å². The number of sulfonamides is 1. The van der Waals surface area contributed by atoms with Crippen molar-refractivity contribution in [3.63, 3.8) is 0 Å². The second-order valence-electron chi connectivity index (χ2n) is 6.91. The van der Waals surface area contributed by atoms with Crippen LogP contribution < -0.4 is 10.1 Å². The van der Waals surface area contributed by atoms with Crippen LogP contribution in [0.1, 0.15) is 16.7 Å². The van der Waals surface area contributed by atoms with Crippen molar-refractivity contribution in [1.82, 2.24) is 4.31 Å². The third-order valence-corrected chi connectivity index (χ3v) is 7.22. The van der Waals surface area contributed by atoms with E-state index in [1.807, 2.05) is 45.0 Å². The molecule has 0 unspecified atom stereocenters. The molecule has 6 nitrogen and oxygen atoms in total. The minimum absolute atomic E-state index is 0.167. The highest BCUT2D eigenvalue weighted by molar-refractivity contribution is 7.99. The Bertz CT molecular complexity index is 973. The number of thioether (sulfide) groups is 1. The summed E-state index contributed by atoms with van der Waals surface area (Å²) in [5, 5.41) is 2.84. The zero-order valence-corrected chi connectivity index (χ0v) is 19.1. The maximum absolute atomic E-state index is 12.4. The molecule has 1 amide bonds. The molecule has 0 aliphatic heterocycles. The standard InChI is InChI=1S/C21H28N2O4S2/c1-15-8-6-7-9-20(15)27-10-11-28-14-21(24)22-19-13-18(12-16(2)17(19)3)29(25,26)23(4)5/h6-9,12-13H,10-11,14H2,1-5H3,(H,22,24). The molecular formula is C21H28N2O4S2. The SMILES string of the molecule is Cc1ccccc1OCCSCC(=O)Nc1cc(S(=O)(=O)N(C)C)cc(C)c1C. The first-order chi connectivity index (χ1) is 13.6. The van der Waals surface area contributed by atoms with Gasteiger partial charge in [0.2, 0.25) is 15.9 Å². The summed E-state index contributed by atoms with van der Waals surface area (Å²) in [7, 11) is -0.599. The Morgan fingerprint density at radius 1 is 1.10 bits per heavy atom. The number of rotatable bonds is 9. The number of ether oxygens (including phenoxy) is 1. The molecule has 2 aromatic carbocycles. The molecule has 158 valence electrons. The van der Waals surface area contributed by atoms with Gasteiger partial charge >= 0.3 is 0 Å². The average molecular weight is 437 g/mol. The summed E-state index contributed by atoms with van der Waals surface area (Å²) in [6.07, 6.45) is 0. The van der Waals surface area contributed by atoms with Crippen molar-refractivity contribution < 1.29 is 17.9 Å². The summed E-state index contributed by atoms with van der Waals surface area (Å²) in [5.41, 5.74) is 3.26. The normalized spacial score (nSPS) is 11.5. The van der Waals surface area contributed by atoms with Crippen molar-refractivity contribution in [3.8, 4) is 5.75 Å². The molecule has 0 heterocycles. The first-order valence-electron chi connectivity index (χ1n) is 9.22. The quantitative estimate of drug-likeness (QED) is 0.608. The number of para-hydroxylation sites is 1. The van der Waals surface area contributed by atoms with E-state index in [0.717, 1.165) is 26.7 Å². The average Bonchev–Trinajstić information content (AvgIpc) is 2.66. The summed E-state index contributed by atoms with van der Waals surface area (Å²) in [5.74, 6) is 1.62. The van der Waals surface area contributed by atoms with Crippen molar-refractivity contribution in [2.75, 3.05) is 37.5 Å². The number of hydrogen-bond donors (Lipinski definition) is 1. The van der Waals surface area contributed by atoms with Gasteiger partial charge in [-0.1, -0.05) is 18.2 Å². The lowest BCUT2D eigenvalue weighted by Gasteiger charge is -2.16. The molecule has 8 heteroatoms. The fraction of sp³-hybridized carbons (Fsp3) is 0.381. The zero-order valence-electron chi connectivity index (χ0n) is 17.5. The van der Waals surface area contributed by atoms with Gasteiger partial charge in [0, 0.05) is 25.5 Å². The smallest absolute Gasteiger partial charge is 0.242 e. The van der Waals surface area contributed by atoms with Crippen LogP contribution in [0, 0.1) is 20.8 Å². The lowest BCUT2D eigenvalue weighted by molar-refractivity contribution is -0.113. The monoisotopic (exact) mass is 436 g/mol. The maximum atomic E-state index is 12.4. The second-order valence-corrected chi connectivity index (χ2v) is 10.2. The van der Waals surface area contributed by atoms with Crippen LogP contribution in [0.15, 0.2) is 41.3 Å². The number of nitrogens with one attached hydrogen (secondary N) is 1. The molecule has 0 aliphatic carbocycles. The number of amides is 1. The van der Waals surface area contributed by atoms with Gasteiger partial charge in [-0.25, -0.2) is 12.7 Å². The Hall–Kier alpha value is -2.03. The highest BCUT2D eigenvalue weighted by Crippen LogP contribution is 2.25. The van der Waals surface area contributed by atoms with E-state index in [1.54, 1.807) is 6.07 Å². The topological polar surface area (TPSA) is 75.7 Å². The van der Waals surface area contributed by atoms with Crippen molar-refractivity contribution in [2.24, 2.45) is 0 Å². The Morgan fingerprint density at radius 3 is 2.45 bits per heavy atom. The van der Waals surface area contributed by atoms with Gasteiger partial charge in [-0.15, -0.1) is 11.8 Å². The minimum atomic E-state index is -3.57. The summed E-state index contributed by atoms with van der Waals surface area (Å²) in [6.45, 7) is 6.19. The molecule has 0 bridgehead atoms. The molecule has 29 heavy (non-hydrogen) atoms. The molecule has 0 atom stereocenters. The van der Waals surface area contributed by atoms with Gasteiger partial charge in [-0.3, -0.25) is 4.79 Å². The van der Waals surface area contributed by atoms with Crippen LogP contribution >= 0.6 is 11.8 Å². The highest BCUT2D eigenvalue weighted by atomic mass is 32.2. The van der Waals surface area contributed by atoms with Crippen LogP contribution in [0.25, 0.3) is 0 Å². The Labute approximate surface area is 177 Å². The van der Waals surface area contributed by atoms with Gasteiger partial charge in [0.1, 0.15) is 5.75 Å². The second kappa shape index (κ2) is 10.1. The third kappa shape index (κ3) is 6.22.